The van der Waals surface area contributed by atoms with Crippen LogP contribution in [0.1, 0.15) is 91.4 Å². The van der Waals surface area contributed by atoms with E-state index in [-0.39, 0.29) is 25.9 Å². The third-order valence-electron chi connectivity index (χ3n) is 2.87. The number of rotatable bonds is 0. The lowest BCUT2D eigenvalue weighted by Crippen LogP contribution is -2.03. The lowest BCUT2D eigenvalue weighted by molar-refractivity contribution is 0.857. The highest BCUT2D eigenvalue weighted by molar-refractivity contribution is 4.57. The molecule has 5 heteroatoms. The quantitative estimate of drug-likeness (QED) is 0.447. The minimum Gasteiger partial charge on any atom is -0.317 e. The third kappa shape index (κ3) is 18.4. The third-order valence-corrected chi connectivity index (χ3v) is 2.87. The molecule has 150 valence electrons. The Kier molecular flexibility index (Phi) is 5.63. The fraction of sp³-hybridized carbons (Fsp3) is 1.00. The molecule has 5 N–H and O–H groups in total. The molecule has 0 radical (unpaired) electrons. The summed E-state index contributed by atoms with van der Waals surface area (Å²) in [6.07, 6.45) is -7.24. The highest BCUT2D eigenvalue weighted by Gasteiger charge is 1.95. The first-order valence-corrected chi connectivity index (χ1v) is 8.49. The molecule has 0 aromatic rings. The second-order valence-electron chi connectivity index (χ2n) is 4.94. The van der Waals surface area contributed by atoms with Crippen molar-refractivity contribution in [3.05, 3.63) is 0 Å². The molecule has 5 saturated heterocycles. The summed E-state index contributed by atoms with van der Waals surface area (Å²) in [6, 6.07) is 0. The van der Waals surface area contributed by atoms with Gasteiger partial charge in [-0.25, -0.2) is 0 Å². The van der Waals surface area contributed by atoms with Crippen molar-refractivity contribution in [2.45, 2.75) is 64.0 Å². The largest absolute Gasteiger partial charge is 0.317 e. The zero-order chi connectivity index (χ0) is 35.6. The highest BCUT2D eigenvalue weighted by atomic mass is 14.9. The molecule has 5 nitrogen and oxygen atoms in total. The Hall–Kier alpha value is -0.200. The van der Waals surface area contributed by atoms with Crippen LogP contribution >= 0.6 is 0 Å². The predicted molar refractivity (Wildman–Crippen MR) is 111 cm³/mol. The van der Waals surface area contributed by atoms with Gasteiger partial charge < -0.3 is 26.6 Å². The van der Waals surface area contributed by atoms with Crippen molar-refractivity contribution < 1.29 is 27.4 Å². The van der Waals surface area contributed by atoms with Crippen LogP contribution in [0.25, 0.3) is 0 Å². The Morgan fingerprint density at radius 3 is 1.08 bits per heavy atom. The summed E-state index contributed by atoms with van der Waals surface area (Å²) >= 11 is 0. The van der Waals surface area contributed by atoms with Gasteiger partial charge in [-0.05, 0) is 129 Å². The average molecular weight is 376 g/mol. The highest BCUT2D eigenvalue weighted by Crippen LogP contribution is 1.92. The first-order chi connectivity index (χ1) is 19.7. The Morgan fingerprint density at radius 2 is 0.880 bits per heavy atom. The first kappa shape index (κ1) is 7.00. The maximum Gasteiger partial charge on any atom is 0.0428 e. The molecule has 0 aromatic heterocycles. The lowest BCUT2D eigenvalue weighted by atomic mass is 10.4. The molecule has 0 atom stereocenters. The van der Waals surface area contributed by atoms with Crippen LogP contribution in [-0.2, 0) is 0 Å². The predicted octanol–water partition coefficient (Wildman–Crippen LogP) is 1.85. The smallest absolute Gasteiger partial charge is 0.0428 e. The van der Waals surface area contributed by atoms with Crippen molar-refractivity contribution >= 4 is 0 Å². The fourth-order valence-electron chi connectivity index (χ4n) is 1.67. The number of hydrogen-bond donors (Lipinski definition) is 5. The number of nitrogens with one attached hydrogen (secondary N) is 5. The van der Waals surface area contributed by atoms with Gasteiger partial charge in [-0.3, -0.25) is 0 Å². The van der Waals surface area contributed by atoms with E-state index < -0.39 is 64.3 Å². The van der Waals surface area contributed by atoms with E-state index in [9.17, 15) is 0 Å². The molecule has 5 heterocycles. The summed E-state index contributed by atoms with van der Waals surface area (Å²) in [4.78, 5) is 0. The molecule has 0 amide bonds. The molecule has 0 aromatic carbocycles. The van der Waals surface area contributed by atoms with E-state index in [1.807, 2.05) is 0 Å². The second kappa shape index (κ2) is 20.1. The van der Waals surface area contributed by atoms with Gasteiger partial charge in [0.2, 0.25) is 0 Å². The van der Waals surface area contributed by atoms with Crippen LogP contribution in [-0.4, -0.2) is 65.2 Å². The van der Waals surface area contributed by atoms with Gasteiger partial charge in [0, 0.05) is 27.4 Å². The normalized spacial score (nSPS) is 56.0. The van der Waals surface area contributed by atoms with Crippen LogP contribution in [0.2, 0.25) is 0 Å². The fourth-order valence-corrected chi connectivity index (χ4v) is 1.67. The van der Waals surface area contributed by atoms with Crippen LogP contribution < -0.4 is 26.6 Å². The van der Waals surface area contributed by atoms with Crippen LogP contribution in [0.4, 0.5) is 0 Å². The van der Waals surface area contributed by atoms with E-state index in [4.69, 9.17) is 27.4 Å². The molecule has 25 heavy (non-hydrogen) atoms. The molecular weight excluding hydrogens is 310 g/mol. The van der Waals surface area contributed by atoms with Gasteiger partial charge in [0.15, 0.2) is 0 Å². The molecule has 5 fully saturated rings. The van der Waals surface area contributed by atoms with E-state index in [0.717, 1.165) is 19.5 Å². The Morgan fingerprint density at radius 1 is 0.360 bits per heavy atom. The van der Waals surface area contributed by atoms with Gasteiger partial charge in [0.05, 0.1) is 0 Å². The van der Waals surface area contributed by atoms with Crippen molar-refractivity contribution in [2.75, 3.05) is 65.2 Å². The first-order valence-electron chi connectivity index (χ1n) is 18.5. The molecule has 0 aliphatic carbocycles. The molecule has 5 rings (SSSR count). The van der Waals surface area contributed by atoms with Crippen LogP contribution in [0, 0.1) is 0 Å². The SMILES string of the molecule is [2H]C1([2H])CCC([2H])([2H])N1.[2H]C1([2H])CCCN1.[2H]C1([2H])CCNC1.[2H]C1([2H])CNCC1([2H])[2H].[2H]C1([2H])NC([2H])([2H])C([2H])([2H])C1([2H])[2H]. The lowest BCUT2D eigenvalue weighted by Gasteiger charge is -1.76. The van der Waals surface area contributed by atoms with Crippen molar-refractivity contribution in [1.29, 1.82) is 0 Å². The molecular formula is C20H45N5. The summed E-state index contributed by atoms with van der Waals surface area (Å²) in [5.41, 5.74) is 0. The topological polar surface area (TPSA) is 60.1 Å². The van der Waals surface area contributed by atoms with E-state index in [1.54, 1.807) is 5.32 Å². The molecule has 0 bridgehead atoms. The summed E-state index contributed by atoms with van der Waals surface area (Å²) in [5.74, 6) is 0. The van der Waals surface area contributed by atoms with Crippen LogP contribution in [0.15, 0.2) is 0 Å². The van der Waals surface area contributed by atoms with Crippen molar-refractivity contribution in [3.63, 3.8) is 0 Å². The van der Waals surface area contributed by atoms with Crippen LogP contribution in [0.3, 0.4) is 0 Å². The second-order valence-corrected chi connectivity index (χ2v) is 4.94. The molecule has 0 spiro atoms. The maximum absolute atomic E-state index is 7.16. The minimum atomic E-state index is -2.90. The zero-order valence-electron chi connectivity index (χ0n) is 34.6. The van der Waals surface area contributed by atoms with Crippen molar-refractivity contribution in [1.82, 2.24) is 26.6 Å². The maximum atomic E-state index is 7.16. The number of hydrogen-bond acceptors (Lipinski definition) is 5. The molecule has 0 unspecified atom stereocenters. The Labute approximate surface area is 185 Å². The van der Waals surface area contributed by atoms with Gasteiger partial charge in [-0.15, -0.1) is 0 Å². The average Bonchev–Trinajstić information content (AvgIpc) is 3.56. The summed E-state index contributed by atoms with van der Waals surface area (Å²) in [6.45, 7) is -7.00. The minimum absolute atomic E-state index is 0.125. The summed E-state index contributed by atoms with van der Waals surface area (Å²) < 4.78 is 142. The molecule has 5 aliphatic rings. The van der Waals surface area contributed by atoms with Gasteiger partial charge in [-0.1, -0.05) is 0 Å². The van der Waals surface area contributed by atoms with Gasteiger partial charge in [0.1, 0.15) is 0 Å². The standard InChI is InChI=1S/5C4H9N/c5*1-2-4-5-3-1/h5*5H,1-4H2/i1D2,2D2,3D2,4D2;3D2,4D2;1D2,2D2;3D2;1D2. The Balaban J connectivity index is 0.000000287. The van der Waals surface area contributed by atoms with E-state index in [1.165, 1.54) is 0 Å². The molecule has 0 saturated carbocycles. The zero-order valence-corrected chi connectivity index (χ0v) is 14.6. The van der Waals surface area contributed by atoms with Gasteiger partial charge in [-0.2, -0.15) is 0 Å². The summed E-state index contributed by atoms with van der Waals surface area (Å²) in [7, 11) is 0. The van der Waals surface area contributed by atoms with E-state index in [2.05, 4.69) is 21.3 Å². The van der Waals surface area contributed by atoms with Crippen molar-refractivity contribution in [2.24, 2.45) is 0 Å². The van der Waals surface area contributed by atoms with E-state index in [0.29, 0.717) is 19.4 Å². The monoisotopic (exact) mass is 375 g/mol. The van der Waals surface area contributed by atoms with Gasteiger partial charge in [0.25, 0.3) is 0 Å². The van der Waals surface area contributed by atoms with Gasteiger partial charge >= 0.3 is 0 Å². The Bertz CT molecular complexity index is 869. The molecule has 5 aliphatic heterocycles. The van der Waals surface area contributed by atoms with Crippen LogP contribution in [0.5, 0.6) is 0 Å². The van der Waals surface area contributed by atoms with E-state index >= 15 is 0 Å². The van der Waals surface area contributed by atoms with Crippen molar-refractivity contribution in [3.8, 4) is 0 Å². The summed E-state index contributed by atoms with van der Waals surface area (Å²) in [5, 5.41) is 12.2.